The van der Waals surface area contributed by atoms with Gasteiger partial charge in [0.2, 0.25) is 0 Å². The Labute approximate surface area is 127 Å². The molecular formula is C17H17BrFN. The van der Waals surface area contributed by atoms with Crippen molar-refractivity contribution in [1.29, 1.82) is 0 Å². The summed E-state index contributed by atoms with van der Waals surface area (Å²) in [5.41, 5.74) is 11.4. The van der Waals surface area contributed by atoms with E-state index >= 15 is 0 Å². The van der Waals surface area contributed by atoms with Gasteiger partial charge in [-0.2, -0.15) is 0 Å². The lowest BCUT2D eigenvalue weighted by atomic mass is 9.97. The van der Waals surface area contributed by atoms with Crippen molar-refractivity contribution in [3.05, 3.63) is 68.9 Å². The molecule has 1 aliphatic carbocycles. The minimum absolute atomic E-state index is 0.0433. The predicted molar refractivity (Wildman–Crippen MR) is 83.2 cm³/mol. The highest BCUT2D eigenvalue weighted by Gasteiger charge is 2.14. The second-order valence-corrected chi connectivity index (χ2v) is 6.30. The lowest BCUT2D eigenvalue weighted by Crippen LogP contribution is -2.13. The Morgan fingerprint density at radius 3 is 2.70 bits per heavy atom. The molecule has 2 aromatic carbocycles. The molecule has 0 aromatic heterocycles. The number of halogens is 2. The van der Waals surface area contributed by atoms with Crippen LogP contribution in [0.1, 0.15) is 34.7 Å². The van der Waals surface area contributed by atoms with Gasteiger partial charge in [-0.15, -0.1) is 0 Å². The summed E-state index contributed by atoms with van der Waals surface area (Å²) in [6, 6.07) is 11.6. The summed E-state index contributed by atoms with van der Waals surface area (Å²) < 4.78 is 13.7. The van der Waals surface area contributed by atoms with Crippen molar-refractivity contribution >= 4 is 15.9 Å². The molecule has 3 rings (SSSR count). The van der Waals surface area contributed by atoms with E-state index in [0.29, 0.717) is 4.47 Å². The van der Waals surface area contributed by atoms with Crippen LogP contribution in [0.25, 0.3) is 0 Å². The van der Waals surface area contributed by atoms with E-state index in [-0.39, 0.29) is 11.9 Å². The van der Waals surface area contributed by atoms with E-state index in [1.165, 1.54) is 35.6 Å². The first kappa shape index (κ1) is 13.8. The van der Waals surface area contributed by atoms with Crippen LogP contribution in [0.2, 0.25) is 0 Å². The zero-order chi connectivity index (χ0) is 14.1. The third-order valence-corrected chi connectivity index (χ3v) is 4.60. The second kappa shape index (κ2) is 5.66. The van der Waals surface area contributed by atoms with E-state index in [9.17, 15) is 4.39 Å². The standard InChI is InChI=1S/C17H17BrFN/c18-15-8-11(4-7-16(15)19)9-17(20)14-6-5-12-2-1-3-13(12)10-14/h4-8,10,17H,1-3,9,20H2. The van der Waals surface area contributed by atoms with Crippen LogP contribution in [-0.2, 0) is 19.3 Å². The Kier molecular flexibility index (Phi) is 3.90. The molecule has 2 aromatic rings. The zero-order valence-corrected chi connectivity index (χ0v) is 12.8. The number of benzene rings is 2. The number of aryl methyl sites for hydroxylation is 2. The summed E-state index contributed by atoms with van der Waals surface area (Å²) >= 11 is 3.22. The number of rotatable bonds is 3. The fourth-order valence-corrected chi connectivity index (χ4v) is 3.29. The third kappa shape index (κ3) is 2.79. The smallest absolute Gasteiger partial charge is 0.137 e. The van der Waals surface area contributed by atoms with Crippen molar-refractivity contribution in [1.82, 2.24) is 0 Å². The van der Waals surface area contributed by atoms with E-state index in [2.05, 4.69) is 34.1 Å². The summed E-state index contributed by atoms with van der Waals surface area (Å²) in [5.74, 6) is -0.236. The van der Waals surface area contributed by atoms with Gasteiger partial charge < -0.3 is 5.73 Å². The molecule has 20 heavy (non-hydrogen) atoms. The molecule has 0 fully saturated rings. The van der Waals surface area contributed by atoms with E-state index in [0.717, 1.165) is 18.4 Å². The van der Waals surface area contributed by atoms with Gasteiger partial charge in [0, 0.05) is 6.04 Å². The van der Waals surface area contributed by atoms with E-state index in [4.69, 9.17) is 5.73 Å². The first-order valence-electron chi connectivity index (χ1n) is 6.94. The monoisotopic (exact) mass is 333 g/mol. The van der Waals surface area contributed by atoms with Gasteiger partial charge in [0.25, 0.3) is 0 Å². The van der Waals surface area contributed by atoms with Gasteiger partial charge in [0.05, 0.1) is 4.47 Å². The van der Waals surface area contributed by atoms with Crippen molar-refractivity contribution in [2.45, 2.75) is 31.7 Å². The summed E-state index contributed by atoms with van der Waals surface area (Å²) in [7, 11) is 0. The highest BCUT2D eigenvalue weighted by atomic mass is 79.9. The van der Waals surface area contributed by atoms with Crippen LogP contribution in [0, 0.1) is 5.82 Å². The van der Waals surface area contributed by atoms with E-state index in [1.807, 2.05) is 6.07 Å². The minimum atomic E-state index is -0.236. The molecular weight excluding hydrogens is 317 g/mol. The van der Waals surface area contributed by atoms with Crippen LogP contribution >= 0.6 is 15.9 Å². The molecule has 0 spiro atoms. The van der Waals surface area contributed by atoms with Crippen molar-refractivity contribution in [3.63, 3.8) is 0 Å². The maximum Gasteiger partial charge on any atom is 0.137 e. The minimum Gasteiger partial charge on any atom is -0.324 e. The largest absolute Gasteiger partial charge is 0.324 e. The van der Waals surface area contributed by atoms with Crippen LogP contribution < -0.4 is 5.73 Å². The van der Waals surface area contributed by atoms with Gasteiger partial charge in [0.1, 0.15) is 5.82 Å². The van der Waals surface area contributed by atoms with Gasteiger partial charge in [-0.05, 0) is 76.0 Å². The number of hydrogen-bond acceptors (Lipinski definition) is 1. The fourth-order valence-electron chi connectivity index (χ4n) is 2.86. The van der Waals surface area contributed by atoms with Gasteiger partial charge in [-0.1, -0.05) is 24.3 Å². The summed E-state index contributed by atoms with van der Waals surface area (Å²) in [6.45, 7) is 0. The first-order valence-corrected chi connectivity index (χ1v) is 7.74. The molecule has 0 aliphatic heterocycles. The van der Waals surface area contributed by atoms with Crippen molar-refractivity contribution in [3.8, 4) is 0 Å². The number of fused-ring (bicyclic) bond motifs is 1. The molecule has 1 nitrogen and oxygen atoms in total. The Morgan fingerprint density at radius 2 is 1.90 bits per heavy atom. The van der Waals surface area contributed by atoms with E-state index < -0.39 is 0 Å². The molecule has 0 radical (unpaired) electrons. The maximum absolute atomic E-state index is 13.2. The predicted octanol–water partition coefficient (Wildman–Crippen LogP) is 4.32. The van der Waals surface area contributed by atoms with Crippen LogP contribution in [0.4, 0.5) is 4.39 Å². The first-order chi connectivity index (χ1) is 9.63. The van der Waals surface area contributed by atoms with Crippen molar-refractivity contribution < 1.29 is 4.39 Å². The van der Waals surface area contributed by atoms with Gasteiger partial charge in [-0.3, -0.25) is 0 Å². The van der Waals surface area contributed by atoms with Crippen molar-refractivity contribution in [2.75, 3.05) is 0 Å². The molecule has 0 saturated carbocycles. The zero-order valence-electron chi connectivity index (χ0n) is 11.2. The Balaban J connectivity index is 1.78. The lowest BCUT2D eigenvalue weighted by molar-refractivity contribution is 0.618. The lowest BCUT2D eigenvalue weighted by Gasteiger charge is -2.14. The Morgan fingerprint density at radius 1 is 1.10 bits per heavy atom. The normalized spacial score (nSPS) is 15.2. The molecule has 0 saturated heterocycles. The maximum atomic E-state index is 13.2. The van der Waals surface area contributed by atoms with Crippen LogP contribution in [0.15, 0.2) is 40.9 Å². The molecule has 2 N–H and O–H groups in total. The van der Waals surface area contributed by atoms with E-state index in [1.54, 1.807) is 6.07 Å². The average molecular weight is 334 g/mol. The summed E-state index contributed by atoms with van der Waals surface area (Å²) in [6.07, 6.45) is 4.32. The summed E-state index contributed by atoms with van der Waals surface area (Å²) in [5, 5.41) is 0. The molecule has 0 amide bonds. The van der Waals surface area contributed by atoms with Gasteiger partial charge in [-0.25, -0.2) is 4.39 Å². The molecule has 0 heterocycles. The van der Waals surface area contributed by atoms with Crippen molar-refractivity contribution in [2.24, 2.45) is 5.73 Å². The average Bonchev–Trinajstić information content (AvgIpc) is 2.90. The molecule has 1 unspecified atom stereocenters. The second-order valence-electron chi connectivity index (χ2n) is 5.44. The fraction of sp³-hybridized carbons (Fsp3) is 0.294. The quantitative estimate of drug-likeness (QED) is 0.889. The highest BCUT2D eigenvalue weighted by Crippen LogP contribution is 2.26. The van der Waals surface area contributed by atoms with Gasteiger partial charge in [0.15, 0.2) is 0 Å². The topological polar surface area (TPSA) is 26.0 Å². The molecule has 1 aliphatic rings. The van der Waals surface area contributed by atoms with Crippen LogP contribution in [0.5, 0.6) is 0 Å². The third-order valence-electron chi connectivity index (χ3n) is 3.99. The molecule has 104 valence electrons. The molecule has 3 heteroatoms. The van der Waals surface area contributed by atoms with Crippen LogP contribution in [-0.4, -0.2) is 0 Å². The molecule has 0 bridgehead atoms. The number of hydrogen-bond donors (Lipinski definition) is 1. The Hall–Kier alpha value is -1.19. The Bertz CT molecular complexity index is 639. The van der Waals surface area contributed by atoms with Crippen LogP contribution in [0.3, 0.4) is 0 Å². The highest BCUT2D eigenvalue weighted by molar-refractivity contribution is 9.10. The summed E-state index contributed by atoms with van der Waals surface area (Å²) in [4.78, 5) is 0. The SMILES string of the molecule is NC(Cc1ccc(F)c(Br)c1)c1ccc2c(c1)CCC2. The van der Waals surface area contributed by atoms with Gasteiger partial charge >= 0.3 is 0 Å². The number of nitrogens with two attached hydrogens (primary N) is 1. The molecule has 1 atom stereocenters.